The van der Waals surface area contributed by atoms with Crippen molar-refractivity contribution < 1.29 is 27.2 Å². The maximum absolute atomic E-state index is 12.6. The lowest BCUT2D eigenvalue weighted by molar-refractivity contribution is -0.113. The van der Waals surface area contributed by atoms with E-state index in [2.05, 4.69) is 20.8 Å². The number of anilines is 1. The summed E-state index contributed by atoms with van der Waals surface area (Å²) in [6.07, 6.45) is -0.0231. The Morgan fingerprint density at radius 1 is 1.16 bits per heavy atom. The Bertz CT molecular complexity index is 1060. The van der Waals surface area contributed by atoms with Crippen LogP contribution in [0.15, 0.2) is 33.9 Å². The molecule has 1 aromatic carbocycles. The molecule has 1 aromatic heterocycles. The number of rotatable bonds is 8. The predicted molar refractivity (Wildman–Crippen MR) is 118 cm³/mol. The smallest absolute Gasteiger partial charge is 0.408 e. The quantitative estimate of drug-likeness (QED) is 0.604. The van der Waals surface area contributed by atoms with E-state index in [0.29, 0.717) is 12.1 Å². The van der Waals surface area contributed by atoms with Crippen LogP contribution < -0.4 is 10.6 Å². The number of carbonyl (C=O) groups is 2. The highest BCUT2D eigenvalue weighted by atomic mass is 32.2. The van der Waals surface area contributed by atoms with Gasteiger partial charge in [0.05, 0.1) is 0 Å². The van der Waals surface area contributed by atoms with Gasteiger partial charge >= 0.3 is 11.3 Å². The molecule has 0 aliphatic carbocycles. The third-order valence-electron chi connectivity index (χ3n) is 4.29. The van der Waals surface area contributed by atoms with Gasteiger partial charge in [0.15, 0.2) is 0 Å². The second-order valence-electron chi connectivity index (χ2n) is 8.59. The van der Waals surface area contributed by atoms with Crippen LogP contribution in [0, 0.1) is 5.92 Å². The van der Waals surface area contributed by atoms with E-state index in [-0.39, 0.29) is 11.8 Å². The third-order valence-corrected chi connectivity index (χ3v) is 5.63. The minimum absolute atomic E-state index is 0.0961. The Morgan fingerprint density at radius 2 is 1.81 bits per heavy atom. The molecule has 0 spiro atoms. The Hall–Kier alpha value is -2.95. The van der Waals surface area contributed by atoms with Crippen molar-refractivity contribution in [1.29, 1.82) is 0 Å². The van der Waals surface area contributed by atoms with Crippen molar-refractivity contribution in [3.63, 3.8) is 0 Å². The molecule has 1 atom stereocenters. The molecule has 0 saturated carbocycles. The zero-order chi connectivity index (χ0) is 24.1. The summed E-state index contributed by atoms with van der Waals surface area (Å²) < 4.78 is 35.8. The van der Waals surface area contributed by atoms with Crippen LogP contribution in [0.1, 0.15) is 59.0 Å². The number of hydrogen-bond donors (Lipinski definition) is 2. The lowest BCUT2D eigenvalue weighted by atomic mass is 10.1. The fourth-order valence-corrected chi connectivity index (χ4v) is 3.71. The van der Waals surface area contributed by atoms with Gasteiger partial charge in [0.1, 0.15) is 17.4 Å². The summed E-state index contributed by atoms with van der Waals surface area (Å²) in [6, 6.07) is 6.35. The molecule has 2 aromatic rings. The van der Waals surface area contributed by atoms with E-state index >= 15 is 0 Å². The monoisotopic (exact) mass is 466 g/mol. The van der Waals surface area contributed by atoms with Gasteiger partial charge in [0, 0.05) is 5.69 Å². The van der Waals surface area contributed by atoms with Crippen molar-refractivity contribution >= 4 is 27.5 Å². The minimum Gasteiger partial charge on any atom is -0.444 e. The van der Waals surface area contributed by atoms with Crippen LogP contribution in [0.25, 0.3) is 0 Å². The average molecular weight is 467 g/mol. The zero-order valence-electron chi connectivity index (χ0n) is 19.1. The number of nitrogens with one attached hydrogen (secondary N) is 2. The molecule has 0 saturated heterocycles. The average Bonchev–Trinajstić information content (AvgIpc) is 3.15. The SMILES string of the molecule is CCc1ccccc1NC(=O)CS(=O)(=O)c1nnc(C(NC(=O)OC(C)(C)C)C(C)C)o1. The molecule has 32 heavy (non-hydrogen) atoms. The van der Waals surface area contributed by atoms with Crippen LogP contribution in [0.5, 0.6) is 0 Å². The second kappa shape index (κ2) is 10.1. The van der Waals surface area contributed by atoms with Crippen molar-refractivity contribution in [2.45, 2.75) is 64.8 Å². The molecule has 0 fully saturated rings. The molecule has 2 N–H and O–H groups in total. The van der Waals surface area contributed by atoms with Crippen LogP contribution in [0.3, 0.4) is 0 Å². The summed E-state index contributed by atoms with van der Waals surface area (Å²) in [5.74, 6) is -1.88. The van der Waals surface area contributed by atoms with E-state index in [9.17, 15) is 18.0 Å². The van der Waals surface area contributed by atoms with Gasteiger partial charge in [-0.1, -0.05) is 44.1 Å². The summed E-state index contributed by atoms with van der Waals surface area (Å²) in [7, 11) is -4.19. The summed E-state index contributed by atoms with van der Waals surface area (Å²) in [6.45, 7) is 10.7. The van der Waals surface area contributed by atoms with Crippen molar-refractivity contribution in [2.24, 2.45) is 5.92 Å². The topological polar surface area (TPSA) is 140 Å². The number of carbonyl (C=O) groups excluding carboxylic acids is 2. The largest absolute Gasteiger partial charge is 0.444 e. The standard InChI is InChI=1S/C21H30N4O6S/c1-7-14-10-8-9-11-15(14)22-16(26)12-32(28,29)20-25-24-18(30-20)17(13(2)3)23-19(27)31-21(4,5)6/h8-11,13,17H,7,12H2,1-6H3,(H,22,26)(H,23,27). The lowest BCUT2D eigenvalue weighted by Gasteiger charge is -2.23. The number of aryl methyl sites for hydroxylation is 1. The number of ether oxygens (including phenoxy) is 1. The minimum atomic E-state index is -4.19. The molecule has 0 radical (unpaired) electrons. The van der Waals surface area contributed by atoms with E-state index in [0.717, 1.165) is 5.56 Å². The number of sulfone groups is 1. The van der Waals surface area contributed by atoms with E-state index in [1.165, 1.54) is 0 Å². The first-order valence-electron chi connectivity index (χ1n) is 10.3. The van der Waals surface area contributed by atoms with Crippen LogP contribution in [-0.2, 0) is 25.8 Å². The number of para-hydroxylation sites is 1. The predicted octanol–water partition coefficient (Wildman–Crippen LogP) is 3.27. The molecule has 10 nitrogen and oxygen atoms in total. The molecule has 0 bridgehead atoms. The number of hydrogen-bond acceptors (Lipinski definition) is 8. The second-order valence-corrected chi connectivity index (χ2v) is 10.5. The van der Waals surface area contributed by atoms with Gasteiger partial charge in [-0.05, 0) is 44.7 Å². The van der Waals surface area contributed by atoms with Crippen LogP contribution >= 0.6 is 0 Å². The molecule has 1 heterocycles. The van der Waals surface area contributed by atoms with E-state index in [4.69, 9.17) is 9.15 Å². The molecule has 0 aliphatic rings. The molecule has 176 valence electrons. The highest BCUT2D eigenvalue weighted by Gasteiger charge is 2.31. The highest BCUT2D eigenvalue weighted by Crippen LogP contribution is 2.23. The first-order valence-corrected chi connectivity index (χ1v) is 11.9. The molecule has 2 rings (SSSR count). The van der Waals surface area contributed by atoms with E-state index in [1.807, 2.05) is 19.1 Å². The fourth-order valence-electron chi connectivity index (χ4n) is 2.79. The van der Waals surface area contributed by atoms with Crippen molar-refractivity contribution in [2.75, 3.05) is 11.1 Å². The van der Waals surface area contributed by atoms with Gasteiger partial charge in [-0.15, -0.1) is 5.10 Å². The Labute approximate surface area is 188 Å². The number of aromatic nitrogens is 2. The van der Waals surface area contributed by atoms with Crippen LogP contribution in [0.4, 0.5) is 10.5 Å². The normalized spacial score (nSPS) is 13.0. The molecular weight excluding hydrogens is 436 g/mol. The third kappa shape index (κ3) is 7.04. The van der Waals surface area contributed by atoms with Crippen molar-refractivity contribution in [3.05, 3.63) is 35.7 Å². The summed E-state index contributed by atoms with van der Waals surface area (Å²) in [5.41, 5.74) is 0.716. The van der Waals surface area contributed by atoms with Crippen molar-refractivity contribution in [3.8, 4) is 0 Å². The van der Waals surface area contributed by atoms with Gasteiger partial charge in [0.25, 0.3) is 0 Å². The highest BCUT2D eigenvalue weighted by molar-refractivity contribution is 7.91. The number of nitrogens with zero attached hydrogens (tertiary/aromatic N) is 2. The van der Waals surface area contributed by atoms with Gasteiger partial charge < -0.3 is 19.8 Å². The Kier molecular flexibility index (Phi) is 8.00. The van der Waals surface area contributed by atoms with Gasteiger partial charge in [-0.25, -0.2) is 13.2 Å². The summed E-state index contributed by atoms with van der Waals surface area (Å²) in [4.78, 5) is 24.5. The van der Waals surface area contributed by atoms with Crippen LogP contribution in [-0.4, -0.2) is 42.0 Å². The molecule has 1 unspecified atom stereocenters. The summed E-state index contributed by atoms with van der Waals surface area (Å²) in [5, 5.41) is 11.9. The maximum atomic E-state index is 12.6. The number of benzene rings is 1. The van der Waals surface area contributed by atoms with Gasteiger partial charge in [-0.3, -0.25) is 4.79 Å². The molecule has 2 amide bonds. The zero-order valence-corrected chi connectivity index (χ0v) is 19.9. The molecule has 11 heteroatoms. The first-order chi connectivity index (χ1) is 14.8. The fraction of sp³-hybridized carbons (Fsp3) is 0.524. The summed E-state index contributed by atoms with van der Waals surface area (Å²) >= 11 is 0. The van der Waals surface area contributed by atoms with Crippen molar-refractivity contribution in [1.82, 2.24) is 15.5 Å². The lowest BCUT2D eigenvalue weighted by Crippen LogP contribution is -2.37. The molecule has 0 aliphatic heterocycles. The Balaban J connectivity index is 2.14. The van der Waals surface area contributed by atoms with Gasteiger partial charge in [0.2, 0.25) is 21.6 Å². The maximum Gasteiger partial charge on any atom is 0.408 e. The van der Waals surface area contributed by atoms with E-state index < -0.39 is 44.5 Å². The first kappa shape index (κ1) is 25.3. The van der Waals surface area contributed by atoms with Gasteiger partial charge in [-0.2, -0.15) is 0 Å². The van der Waals surface area contributed by atoms with Crippen LogP contribution in [0.2, 0.25) is 0 Å². The number of alkyl carbamates (subject to hydrolysis) is 1. The van der Waals surface area contributed by atoms with E-state index in [1.54, 1.807) is 46.8 Å². The molecular formula is C21H30N4O6S. The number of amides is 2. The Morgan fingerprint density at radius 3 is 2.41 bits per heavy atom.